The summed E-state index contributed by atoms with van der Waals surface area (Å²) in [5, 5.41) is 8.46. The lowest BCUT2D eigenvalue weighted by atomic mass is 9.93. The van der Waals surface area contributed by atoms with E-state index >= 15 is 0 Å². The summed E-state index contributed by atoms with van der Waals surface area (Å²) in [6.45, 7) is 1.48. The van der Waals surface area contributed by atoms with E-state index in [0.717, 1.165) is 41.8 Å². The van der Waals surface area contributed by atoms with Crippen LogP contribution in [0.4, 0.5) is 0 Å². The number of carbonyl (C=O) groups is 1. The maximum Gasteiger partial charge on any atom is 0.227 e. The molecule has 1 unspecified atom stereocenters. The van der Waals surface area contributed by atoms with E-state index in [1.165, 1.54) is 0 Å². The van der Waals surface area contributed by atoms with E-state index in [0.29, 0.717) is 24.5 Å². The van der Waals surface area contributed by atoms with Gasteiger partial charge in [-0.2, -0.15) is 10.1 Å². The lowest BCUT2D eigenvalue weighted by molar-refractivity contribution is -0.131. The molecule has 0 aliphatic carbocycles. The first-order valence-corrected chi connectivity index (χ1v) is 9.47. The highest BCUT2D eigenvalue weighted by Crippen LogP contribution is 2.31. The number of aromatic amines is 1. The first-order chi connectivity index (χ1) is 13.7. The van der Waals surface area contributed by atoms with Crippen molar-refractivity contribution in [1.82, 2.24) is 20.1 Å². The molecule has 3 heterocycles. The predicted octanol–water partition coefficient (Wildman–Crippen LogP) is 2.92. The second-order valence-corrected chi connectivity index (χ2v) is 7.07. The molecule has 2 aromatic heterocycles. The van der Waals surface area contributed by atoms with E-state index in [1.54, 1.807) is 14.2 Å². The second kappa shape index (κ2) is 7.88. The van der Waals surface area contributed by atoms with Crippen molar-refractivity contribution in [2.75, 3.05) is 27.3 Å². The van der Waals surface area contributed by atoms with Gasteiger partial charge in [0.15, 0.2) is 5.65 Å². The maximum atomic E-state index is 12.9. The molecule has 1 fully saturated rings. The van der Waals surface area contributed by atoms with Crippen molar-refractivity contribution < 1.29 is 14.3 Å². The summed E-state index contributed by atoms with van der Waals surface area (Å²) in [5.74, 6) is 1.68. The molecule has 7 heteroatoms. The number of H-pyrrole nitrogens is 1. The summed E-state index contributed by atoms with van der Waals surface area (Å²) < 4.78 is 10.4. The zero-order valence-corrected chi connectivity index (χ0v) is 16.1. The molecule has 1 aromatic carbocycles. The minimum absolute atomic E-state index is 0.140. The molecule has 28 heavy (non-hydrogen) atoms. The van der Waals surface area contributed by atoms with Crippen LogP contribution < -0.4 is 9.47 Å². The number of amides is 1. The Morgan fingerprint density at radius 1 is 1.25 bits per heavy atom. The fraction of sp³-hybridized carbons (Fsp3) is 0.381. The van der Waals surface area contributed by atoms with Crippen LogP contribution in [0.2, 0.25) is 0 Å². The molecule has 1 N–H and O–H groups in total. The van der Waals surface area contributed by atoms with Crippen molar-refractivity contribution in [1.29, 1.82) is 0 Å². The fourth-order valence-corrected chi connectivity index (χ4v) is 3.83. The first kappa shape index (κ1) is 18.3. The van der Waals surface area contributed by atoms with Gasteiger partial charge in [-0.3, -0.25) is 9.89 Å². The molecule has 4 rings (SSSR count). The van der Waals surface area contributed by atoms with Gasteiger partial charge in [0.2, 0.25) is 11.8 Å². The molecule has 7 nitrogen and oxygen atoms in total. The number of hydrogen-bond acceptors (Lipinski definition) is 5. The number of aromatic nitrogens is 3. The third-order valence-electron chi connectivity index (χ3n) is 5.30. The maximum absolute atomic E-state index is 12.9. The van der Waals surface area contributed by atoms with Crippen molar-refractivity contribution in [2.45, 2.75) is 25.2 Å². The number of ether oxygens (including phenoxy) is 2. The van der Waals surface area contributed by atoms with E-state index in [9.17, 15) is 4.79 Å². The molecule has 1 saturated heterocycles. The van der Waals surface area contributed by atoms with Crippen molar-refractivity contribution in [2.24, 2.45) is 0 Å². The number of piperidine rings is 1. The van der Waals surface area contributed by atoms with E-state index in [4.69, 9.17) is 9.47 Å². The number of nitrogens with one attached hydrogen (secondary N) is 1. The Balaban J connectivity index is 1.49. The summed E-state index contributed by atoms with van der Waals surface area (Å²) in [6.07, 6.45) is 2.37. The van der Waals surface area contributed by atoms with Gasteiger partial charge < -0.3 is 14.4 Å². The van der Waals surface area contributed by atoms with Crippen molar-refractivity contribution >= 4 is 16.9 Å². The van der Waals surface area contributed by atoms with Crippen LogP contribution in [0.3, 0.4) is 0 Å². The number of rotatable bonds is 5. The highest BCUT2D eigenvalue weighted by molar-refractivity contribution is 5.80. The highest BCUT2D eigenvalue weighted by atomic mass is 16.5. The van der Waals surface area contributed by atoms with E-state index in [1.807, 2.05) is 41.3 Å². The van der Waals surface area contributed by atoms with Gasteiger partial charge in [-0.05, 0) is 36.6 Å². The van der Waals surface area contributed by atoms with Crippen molar-refractivity contribution in [3.05, 3.63) is 47.7 Å². The van der Waals surface area contributed by atoms with Gasteiger partial charge in [-0.15, -0.1) is 0 Å². The van der Waals surface area contributed by atoms with Gasteiger partial charge in [0.1, 0.15) is 5.75 Å². The third-order valence-corrected chi connectivity index (χ3v) is 5.30. The smallest absolute Gasteiger partial charge is 0.227 e. The minimum Gasteiger partial charge on any atom is -0.497 e. The number of benzene rings is 1. The number of carbonyl (C=O) groups excluding carboxylic acids is 1. The van der Waals surface area contributed by atoms with Crippen LogP contribution in [0.5, 0.6) is 11.6 Å². The Kier molecular flexibility index (Phi) is 5.14. The number of pyridine rings is 1. The molecule has 1 atom stereocenters. The zero-order valence-electron chi connectivity index (χ0n) is 16.1. The zero-order chi connectivity index (χ0) is 19.5. The Labute approximate surface area is 163 Å². The highest BCUT2D eigenvalue weighted by Gasteiger charge is 2.27. The number of methoxy groups -OCH3 is 2. The fourth-order valence-electron chi connectivity index (χ4n) is 3.83. The summed E-state index contributed by atoms with van der Waals surface area (Å²) in [5.41, 5.74) is 2.66. The molecule has 0 radical (unpaired) electrons. The lowest BCUT2D eigenvalue weighted by Crippen LogP contribution is -2.40. The monoisotopic (exact) mass is 380 g/mol. The topological polar surface area (TPSA) is 80.3 Å². The van der Waals surface area contributed by atoms with Crippen LogP contribution in [-0.4, -0.2) is 53.3 Å². The van der Waals surface area contributed by atoms with Gasteiger partial charge in [0, 0.05) is 36.2 Å². The molecule has 1 aliphatic heterocycles. The van der Waals surface area contributed by atoms with Crippen LogP contribution in [0.1, 0.15) is 30.0 Å². The third kappa shape index (κ3) is 3.65. The Morgan fingerprint density at radius 2 is 2.14 bits per heavy atom. The standard InChI is InChI=1S/C21H24N4O3/c1-27-16-7-3-5-14(11-16)12-19(26)25-10-4-6-15(13-25)20-17-8-9-18(28-2)22-21(17)24-23-20/h3,5,7-9,11,15H,4,6,10,12-13H2,1-2H3,(H,22,23,24). The van der Waals surface area contributed by atoms with E-state index in [2.05, 4.69) is 15.2 Å². The Hall–Kier alpha value is -3.09. The number of fused-ring (bicyclic) bond motifs is 1. The largest absolute Gasteiger partial charge is 0.497 e. The SMILES string of the molecule is COc1cccc(CC(=O)N2CCCC(c3[nH]nc4nc(OC)ccc34)C2)c1. The number of nitrogens with zero attached hydrogens (tertiary/aromatic N) is 3. The molecular weight excluding hydrogens is 356 g/mol. The predicted molar refractivity (Wildman–Crippen MR) is 106 cm³/mol. The van der Waals surface area contributed by atoms with Gasteiger partial charge in [-0.25, -0.2) is 0 Å². The summed E-state index contributed by atoms with van der Waals surface area (Å²) in [6, 6.07) is 11.5. The molecule has 3 aromatic rings. The number of hydrogen-bond donors (Lipinski definition) is 1. The van der Waals surface area contributed by atoms with E-state index < -0.39 is 0 Å². The van der Waals surface area contributed by atoms with Crippen LogP contribution >= 0.6 is 0 Å². The quantitative estimate of drug-likeness (QED) is 0.736. The second-order valence-electron chi connectivity index (χ2n) is 7.07. The van der Waals surface area contributed by atoms with Crippen molar-refractivity contribution in [3.63, 3.8) is 0 Å². The normalized spacial score (nSPS) is 16.9. The van der Waals surface area contributed by atoms with Gasteiger partial charge in [0.25, 0.3) is 0 Å². The average molecular weight is 380 g/mol. The van der Waals surface area contributed by atoms with Gasteiger partial charge in [0.05, 0.1) is 20.6 Å². The molecule has 0 bridgehead atoms. The average Bonchev–Trinajstić information content (AvgIpc) is 3.17. The number of likely N-dealkylation sites (tertiary alicyclic amines) is 1. The minimum atomic E-state index is 0.140. The summed E-state index contributed by atoms with van der Waals surface area (Å²) in [4.78, 5) is 19.2. The van der Waals surface area contributed by atoms with Gasteiger partial charge in [-0.1, -0.05) is 12.1 Å². The lowest BCUT2D eigenvalue weighted by Gasteiger charge is -2.32. The van der Waals surface area contributed by atoms with Crippen LogP contribution in [0, 0.1) is 0 Å². The molecule has 0 spiro atoms. The van der Waals surface area contributed by atoms with Crippen LogP contribution in [0.15, 0.2) is 36.4 Å². The Bertz CT molecular complexity index is 985. The molecule has 1 aliphatic rings. The van der Waals surface area contributed by atoms with Gasteiger partial charge >= 0.3 is 0 Å². The summed E-state index contributed by atoms with van der Waals surface area (Å²) in [7, 11) is 3.23. The summed E-state index contributed by atoms with van der Waals surface area (Å²) >= 11 is 0. The molecular formula is C21H24N4O3. The van der Waals surface area contributed by atoms with Crippen LogP contribution in [-0.2, 0) is 11.2 Å². The van der Waals surface area contributed by atoms with Crippen LogP contribution in [0.25, 0.3) is 11.0 Å². The molecule has 1 amide bonds. The first-order valence-electron chi connectivity index (χ1n) is 9.47. The molecule has 0 saturated carbocycles. The molecule has 146 valence electrons. The van der Waals surface area contributed by atoms with Crippen molar-refractivity contribution in [3.8, 4) is 11.6 Å². The Morgan fingerprint density at radius 3 is 2.96 bits per heavy atom. The van der Waals surface area contributed by atoms with E-state index in [-0.39, 0.29) is 11.8 Å².